The average Bonchev–Trinajstić information content (AvgIpc) is 2.54. The molecule has 2 rings (SSSR count). The van der Waals surface area contributed by atoms with Crippen LogP contribution < -0.4 is 10.1 Å². The normalized spacial score (nSPS) is 12.1. The monoisotopic (exact) mass is 334 g/mol. The lowest BCUT2D eigenvalue weighted by Gasteiger charge is -2.15. The molecule has 0 bridgehead atoms. The van der Waals surface area contributed by atoms with E-state index >= 15 is 0 Å². The standard InChI is InChI=1S/C17H13F3N2O2/c1-11(24-15-7-2-4-12(8-15)10-21)16(23)22-14-6-3-5-13(9-14)17(18,19)20/h2-9,11H,1H3,(H,22,23). The van der Waals surface area contributed by atoms with E-state index in [1.54, 1.807) is 18.2 Å². The summed E-state index contributed by atoms with van der Waals surface area (Å²) < 4.78 is 43.4. The molecule has 24 heavy (non-hydrogen) atoms. The van der Waals surface area contributed by atoms with Crippen LogP contribution in [0, 0.1) is 11.3 Å². The van der Waals surface area contributed by atoms with Gasteiger partial charge >= 0.3 is 6.18 Å². The Morgan fingerprint density at radius 1 is 1.21 bits per heavy atom. The molecule has 0 aliphatic rings. The molecule has 124 valence electrons. The van der Waals surface area contributed by atoms with Crippen molar-refractivity contribution in [2.24, 2.45) is 0 Å². The van der Waals surface area contributed by atoms with E-state index in [1.165, 1.54) is 25.1 Å². The summed E-state index contributed by atoms with van der Waals surface area (Å²) in [6.07, 6.45) is -5.44. The number of nitrogens with one attached hydrogen (secondary N) is 1. The van der Waals surface area contributed by atoms with Crippen molar-refractivity contribution in [1.29, 1.82) is 5.26 Å². The van der Waals surface area contributed by atoms with Crippen LogP contribution in [-0.2, 0) is 11.0 Å². The van der Waals surface area contributed by atoms with Crippen LogP contribution in [0.2, 0.25) is 0 Å². The predicted octanol–water partition coefficient (Wildman–Crippen LogP) is 3.98. The van der Waals surface area contributed by atoms with Crippen molar-refractivity contribution in [3.05, 3.63) is 59.7 Å². The third kappa shape index (κ3) is 4.49. The maximum Gasteiger partial charge on any atom is 0.416 e. The van der Waals surface area contributed by atoms with E-state index in [4.69, 9.17) is 10.00 Å². The first-order chi connectivity index (χ1) is 11.3. The second-order valence-electron chi connectivity index (χ2n) is 4.97. The van der Waals surface area contributed by atoms with Crippen LogP contribution in [0.1, 0.15) is 18.1 Å². The SMILES string of the molecule is CC(Oc1cccc(C#N)c1)C(=O)Nc1cccc(C(F)(F)F)c1. The molecule has 0 heterocycles. The number of anilines is 1. The number of nitriles is 1. The molecular formula is C17H13F3N2O2. The van der Waals surface area contributed by atoms with E-state index < -0.39 is 23.8 Å². The molecular weight excluding hydrogens is 321 g/mol. The Kier molecular flexibility index (Phi) is 5.09. The Labute approximate surface area is 136 Å². The Bertz CT molecular complexity index is 782. The van der Waals surface area contributed by atoms with Crippen molar-refractivity contribution in [2.75, 3.05) is 5.32 Å². The number of benzene rings is 2. The minimum Gasteiger partial charge on any atom is -0.481 e. The summed E-state index contributed by atoms with van der Waals surface area (Å²) in [6.45, 7) is 1.46. The molecule has 0 saturated heterocycles. The van der Waals surface area contributed by atoms with Gasteiger partial charge in [0.05, 0.1) is 17.2 Å². The van der Waals surface area contributed by atoms with Crippen LogP contribution in [0.5, 0.6) is 5.75 Å². The van der Waals surface area contributed by atoms with Crippen molar-refractivity contribution >= 4 is 11.6 Å². The van der Waals surface area contributed by atoms with Crippen LogP contribution in [0.3, 0.4) is 0 Å². The van der Waals surface area contributed by atoms with E-state index in [-0.39, 0.29) is 5.69 Å². The van der Waals surface area contributed by atoms with Crippen LogP contribution >= 0.6 is 0 Å². The maximum absolute atomic E-state index is 12.7. The fraction of sp³-hybridized carbons (Fsp3) is 0.176. The quantitative estimate of drug-likeness (QED) is 0.920. The van der Waals surface area contributed by atoms with Crippen molar-refractivity contribution in [3.63, 3.8) is 0 Å². The molecule has 2 aromatic carbocycles. The van der Waals surface area contributed by atoms with Crippen molar-refractivity contribution in [1.82, 2.24) is 0 Å². The molecule has 0 aromatic heterocycles. The number of rotatable bonds is 4. The number of halogens is 3. The molecule has 0 aliphatic carbocycles. The Morgan fingerprint density at radius 2 is 1.92 bits per heavy atom. The van der Waals surface area contributed by atoms with Gasteiger partial charge in [0.2, 0.25) is 0 Å². The zero-order valence-electron chi connectivity index (χ0n) is 12.6. The summed E-state index contributed by atoms with van der Waals surface area (Å²) in [5.74, 6) is -0.280. The first-order valence-corrected chi connectivity index (χ1v) is 6.94. The van der Waals surface area contributed by atoms with Gasteiger partial charge in [-0.2, -0.15) is 18.4 Å². The maximum atomic E-state index is 12.7. The minimum absolute atomic E-state index is 0.0241. The molecule has 0 aliphatic heterocycles. The first-order valence-electron chi connectivity index (χ1n) is 6.94. The number of amides is 1. The fourth-order valence-corrected chi connectivity index (χ4v) is 1.91. The molecule has 1 N–H and O–H groups in total. The van der Waals surface area contributed by atoms with Crippen molar-refractivity contribution in [3.8, 4) is 11.8 Å². The number of ether oxygens (including phenoxy) is 1. The third-order valence-electron chi connectivity index (χ3n) is 3.10. The van der Waals surface area contributed by atoms with Gasteiger partial charge in [-0.1, -0.05) is 12.1 Å². The summed E-state index contributed by atoms with van der Waals surface area (Å²) in [5, 5.41) is 11.2. The van der Waals surface area contributed by atoms with Gasteiger partial charge in [0.25, 0.3) is 5.91 Å². The molecule has 2 aromatic rings. The van der Waals surface area contributed by atoms with E-state index in [9.17, 15) is 18.0 Å². The highest BCUT2D eigenvalue weighted by atomic mass is 19.4. The summed E-state index contributed by atoms with van der Waals surface area (Å²) >= 11 is 0. The summed E-state index contributed by atoms with van der Waals surface area (Å²) in [4.78, 5) is 12.0. The third-order valence-corrected chi connectivity index (χ3v) is 3.10. The van der Waals surface area contributed by atoms with E-state index in [0.29, 0.717) is 11.3 Å². The zero-order valence-corrected chi connectivity index (χ0v) is 12.6. The van der Waals surface area contributed by atoms with Gasteiger partial charge in [-0.3, -0.25) is 4.79 Å². The van der Waals surface area contributed by atoms with Crippen LogP contribution in [0.15, 0.2) is 48.5 Å². The van der Waals surface area contributed by atoms with Gasteiger partial charge in [0, 0.05) is 5.69 Å². The van der Waals surface area contributed by atoms with Crippen molar-refractivity contribution in [2.45, 2.75) is 19.2 Å². The molecule has 1 atom stereocenters. The van der Waals surface area contributed by atoms with Crippen LogP contribution in [-0.4, -0.2) is 12.0 Å². The van der Waals surface area contributed by atoms with Gasteiger partial charge in [-0.15, -0.1) is 0 Å². The molecule has 1 unspecified atom stereocenters. The van der Waals surface area contributed by atoms with Crippen molar-refractivity contribution < 1.29 is 22.7 Å². The topological polar surface area (TPSA) is 62.1 Å². The van der Waals surface area contributed by atoms with Gasteiger partial charge in [0.1, 0.15) is 5.75 Å². The number of hydrogen-bond donors (Lipinski definition) is 1. The van der Waals surface area contributed by atoms with Gasteiger partial charge in [-0.05, 0) is 43.3 Å². The predicted molar refractivity (Wildman–Crippen MR) is 81.3 cm³/mol. The van der Waals surface area contributed by atoms with Gasteiger partial charge in [-0.25, -0.2) is 0 Å². The second kappa shape index (κ2) is 7.04. The lowest BCUT2D eigenvalue weighted by molar-refractivity contribution is -0.137. The second-order valence-corrected chi connectivity index (χ2v) is 4.97. The van der Waals surface area contributed by atoms with E-state index in [0.717, 1.165) is 12.1 Å². The molecule has 0 saturated carbocycles. The largest absolute Gasteiger partial charge is 0.481 e. The summed E-state index contributed by atoms with van der Waals surface area (Å²) in [5.41, 5.74) is -0.454. The lowest BCUT2D eigenvalue weighted by Crippen LogP contribution is -2.30. The number of alkyl halides is 3. The Morgan fingerprint density at radius 3 is 2.58 bits per heavy atom. The summed E-state index contributed by atoms with van der Waals surface area (Å²) in [7, 11) is 0. The Balaban J connectivity index is 2.05. The molecule has 4 nitrogen and oxygen atoms in total. The zero-order chi connectivity index (χ0) is 17.7. The average molecular weight is 334 g/mol. The summed E-state index contributed by atoms with van der Waals surface area (Å²) in [6, 6.07) is 12.5. The van der Waals surface area contributed by atoms with Crippen LogP contribution in [0.4, 0.5) is 18.9 Å². The molecule has 0 fully saturated rings. The van der Waals surface area contributed by atoms with E-state index in [1.807, 2.05) is 6.07 Å². The molecule has 7 heteroatoms. The van der Waals surface area contributed by atoms with Gasteiger partial charge < -0.3 is 10.1 Å². The van der Waals surface area contributed by atoms with Gasteiger partial charge in [0.15, 0.2) is 6.10 Å². The van der Waals surface area contributed by atoms with Crippen LogP contribution in [0.25, 0.3) is 0 Å². The number of nitrogens with zero attached hydrogens (tertiary/aromatic N) is 1. The number of carbonyl (C=O) groups excluding carboxylic acids is 1. The highest BCUT2D eigenvalue weighted by Gasteiger charge is 2.30. The highest BCUT2D eigenvalue weighted by molar-refractivity contribution is 5.94. The lowest BCUT2D eigenvalue weighted by atomic mass is 10.2. The highest BCUT2D eigenvalue weighted by Crippen LogP contribution is 2.30. The molecule has 1 amide bonds. The van der Waals surface area contributed by atoms with E-state index in [2.05, 4.69) is 5.32 Å². The first kappa shape index (κ1) is 17.3. The number of carbonyl (C=O) groups is 1. The smallest absolute Gasteiger partial charge is 0.416 e. The number of hydrogen-bond acceptors (Lipinski definition) is 3. The minimum atomic E-state index is -4.49. The fourth-order valence-electron chi connectivity index (χ4n) is 1.91. The molecule has 0 spiro atoms. The molecule has 0 radical (unpaired) electrons. The Hall–Kier alpha value is -3.01.